The van der Waals surface area contributed by atoms with Crippen molar-refractivity contribution in [3.05, 3.63) is 35.6 Å². The van der Waals surface area contributed by atoms with Gasteiger partial charge in [0.2, 0.25) is 5.91 Å². The number of carbonyl (C=O) groups excluding carboxylic acids is 1. The molecule has 0 saturated carbocycles. The summed E-state index contributed by atoms with van der Waals surface area (Å²) >= 11 is 0. The highest BCUT2D eigenvalue weighted by Gasteiger charge is 2.22. The molecule has 152 valence electrons. The van der Waals surface area contributed by atoms with Gasteiger partial charge in [-0.2, -0.15) is 0 Å². The lowest BCUT2D eigenvalue weighted by Gasteiger charge is -2.21. The summed E-state index contributed by atoms with van der Waals surface area (Å²) in [4.78, 5) is 14.1. The minimum absolute atomic E-state index is 0. The number of benzene rings is 1. The van der Waals surface area contributed by atoms with E-state index >= 15 is 0 Å². The first-order valence-corrected chi connectivity index (χ1v) is 11.0. The fourth-order valence-corrected chi connectivity index (χ4v) is 3.61. The van der Waals surface area contributed by atoms with Gasteiger partial charge in [0.1, 0.15) is 21.2 Å². The van der Waals surface area contributed by atoms with Crippen molar-refractivity contribution >= 4 is 39.1 Å². The van der Waals surface area contributed by atoms with Gasteiger partial charge in [-0.1, -0.05) is 31.5 Å². The Morgan fingerprint density at radius 3 is 2.59 bits per heavy atom. The van der Waals surface area contributed by atoms with Crippen LogP contribution in [0.5, 0.6) is 0 Å². The van der Waals surface area contributed by atoms with Gasteiger partial charge in [0, 0.05) is 37.2 Å². The number of aryl methyl sites for hydroxylation is 1. The number of amides is 1. The van der Waals surface area contributed by atoms with Gasteiger partial charge in [-0.25, -0.2) is 8.42 Å². The van der Waals surface area contributed by atoms with Gasteiger partial charge in [0.05, 0.1) is 11.8 Å². The summed E-state index contributed by atoms with van der Waals surface area (Å²) in [5, 5.41) is 1.00. The third kappa shape index (κ3) is 6.52. The maximum atomic E-state index is 12.5. The largest absolute Gasteiger partial charge is 0.461 e. The number of likely N-dealkylation sites (N-methyl/N-ethyl adjacent to an activating group) is 1. The van der Waals surface area contributed by atoms with Crippen molar-refractivity contribution < 1.29 is 17.6 Å². The molecule has 2 N–H and O–H groups in total. The molecular weight excluding hydrogens is 388 g/mol. The predicted molar refractivity (Wildman–Crippen MR) is 111 cm³/mol. The molecule has 0 bridgehead atoms. The number of hydrogen-bond acceptors (Lipinski definition) is 5. The molecule has 0 saturated heterocycles. The van der Waals surface area contributed by atoms with Crippen molar-refractivity contribution in [2.75, 3.05) is 19.1 Å². The van der Waals surface area contributed by atoms with Crippen molar-refractivity contribution in [2.24, 2.45) is 5.73 Å². The summed E-state index contributed by atoms with van der Waals surface area (Å²) in [6.45, 7) is 2.51. The molecule has 1 unspecified atom stereocenters. The Bertz CT molecular complexity index is 864. The van der Waals surface area contributed by atoms with E-state index in [1.165, 1.54) is 0 Å². The Morgan fingerprint density at radius 1 is 1.30 bits per heavy atom. The molecule has 0 aliphatic heterocycles. The number of para-hydroxylation sites is 1. The van der Waals surface area contributed by atoms with E-state index < -0.39 is 15.9 Å². The van der Waals surface area contributed by atoms with Crippen LogP contribution in [0.15, 0.2) is 28.7 Å². The van der Waals surface area contributed by atoms with Crippen LogP contribution in [0.25, 0.3) is 11.0 Å². The molecule has 8 heteroatoms. The maximum Gasteiger partial charge on any atom is 0.239 e. The molecule has 2 aromatic rings. The molecule has 27 heavy (non-hydrogen) atoms. The molecular formula is C19H29ClN2O4S. The maximum absolute atomic E-state index is 12.5. The van der Waals surface area contributed by atoms with Crippen molar-refractivity contribution in [3.8, 4) is 0 Å². The minimum atomic E-state index is -3.14. The molecule has 6 nitrogen and oxygen atoms in total. The lowest BCUT2D eigenvalue weighted by atomic mass is 10.1. The number of hydrogen-bond donors (Lipinski definition) is 1. The Kier molecular flexibility index (Phi) is 8.78. The SMILES string of the molecule is CCCCc1oc2ccccc2c1CN(C)C(=O)C(N)CCS(C)(=O)=O.Cl. The van der Waals surface area contributed by atoms with Crippen LogP contribution in [0, 0.1) is 0 Å². The molecule has 0 aliphatic rings. The molecule has 0 aliphatic carbocycles. The second kappa shape index (κ2) is 10.1. The van der Waals surface area contributed by atoms with Crippen molar-refractivity contribution in [1.29, 1.82) is 0 Å². The number of nitrogens with two attached hydrogens (primary N) is 1. The van der Waals surface area contributed by atoms with Crippen LogP contribution >= 0.6 is 12.4 Å². The first-order chi connectivity index (χ1) is 12.2. The lowest BCUT2D eigenvalue weighted by molar-refractivity contribution is -0.131. The fraction of sp³-hybridized carbons (Fsp3) is 0.526. The van der Waals surface area contributed by atoms with Gasteiger partial charge >= 0.3 is 0 Å². The second-order valence-corrected chi connectivity index (χ2v) is 9.08. The van der Waals surface area contributed by atoms with E-state index in [1.54, 1.807) is 11.9 Å². The minimum Gasteiger partial charge on any atom is -0.461 e. The van der Waals surface area contributed by atoms with Gasteiger partial charge in [-0.05, 0) is 18.9 Å². The average molecular weight is 417 g/mol. The number of unbranched alkanes of at least 4 members (excludes halogenated alkanes) is 1. The molecule has 0 fully saturated rings. The molecule has 1 amide bonds. The summed E-state index contributed by atoms with van der Waals surface area (Å²) in [6.07, 6.45) is 4.16. The van der Waals surface area contributed by atoms with Crippen LogP contribution in [0.1, 0.15) is 37.5 Å². The van der Waals surface area contributed by atoms with Crippen LogP contribution in [0.2, 0.25) is 0 Å². The lowest BCUT2D eigenvalue weighted by Crippen LogP contribution is -2.42. The first kappa shape index (κ1) is 23.5. The number of rotatable bonds is 9. The highest BCUT2D eigenvalue weighted by molar-refractivity contribution is 7.90. The highest BCUT2D eigenvalue weighted by atomic mass is 35.5. The number of furan rings is 1. The number of halogens is 1. The summed E-state index contributed by atoms with van der Waals surface area (Å²) in [5.41, 5.74) is 7.72. The van der Waals surface area contributed by atoms with Gasteiger partial charge in [0.25, 0.3) is 0 Å². The molecule has 1 aromatic carbocycles. The number of sulfone groups is 1. The summed E-state index contributed by atoms with van der Waals surface area (Å²) in [7, 11) is -1.45. The van der Waals surface area contributed by atoms with Crippen LogP contribution < -0.4 is 5.73 Å². The van der Waals surface area contributed by atoms with Crippen molar-refractivity contribution in [3.63, 3.8) is 0 Å². The topological polar surface area (TPSA) is 93.6 Å². The van der Waals surface area contributed by atoms with E-state index in [2.05, 4.69) is 6.92 Å². The zero-order valence-electron chi connectivity index (χ0n) is 16.1. The van der Waals surface area contributed by atoms with Gasteiger partial charge < -0.3 is 15.1 Å². The Morgan fingerprint density at radius 2 is 1.96 bits per heavy atom. The Balaban J connectivity index is 0.00000364. The normalized spacial score (nSPS) is 12.6. The van der Waals surface area contributed by atoms with Crippen LogP contribution in [-0.4, -0.2) is 44.3 Å². The average Bonchev–Trinajstić information content (AvgIpc) is 2.94. The van der Waals surface area contributed by atoms with E-state index in [4.69, 9.17) is 10.2 Å². The van der Waals surface area contributed by atoms with E-state index in [0.29, 0.717) is 6.54 Å². The highest BCUT2D eigenvalue weighted by Crippen LogP contribution is 2.28. The monoisotopic (exact) mass is 416 g/mol. The fourth-order valence-electron chi connectivity index (χ4n) is 2.92. The number of nitrogens with zero attached hydrogens (tertiary/aromatic N) is 1. The molecule has 2 rings (SSSR count). The van der Waals surface area contributed by atoms with Gasteiger partial charge in [0.15, 0.2) is 0 Å². The zero-order valence-corrected chi connectivity index (χ0v) is 17.7. The van der Waals surface area contributed by atoms with Crippen LogP contribution in [-0.2, 0) is 27.6 Å². The smallest absolute Gasteiger partial charge is 0.239 e. The van der Waals surface area contributed by atoms with Crippen LogP contribution in [0.3, 0.4) is 0 Å². The summed E-state index contributed by atoms with van der Waals surface area (Å²) in [6, 6.07) is 6.96. The molecule has 0 spiro atoms. The Hall–Kier alpha value is -1.57. The second-order valence-electron chi connectivity index (χ2n) is 6.82. The zero-order chi connectivity index (χ0) is 19.3. The van der Waals surface area contributed by atoms with E-state index in [-0.39, 0.29) is 30.5 Å². The summed E-state index contributed by atoms with van der Waals surface area (Å²) < 4.78 is 28.6. The number of carbonyl (C=O) groups is 1. The molecule has 0 radical (unpaired) electrons. The van der Waals surface area contributed by atoms with E-state index in [0.717, 1.165) is 47.8 Å². The molecule has 1 aromatic heterocycles. The van der Waals surface area contributed by atoms with Crippen molar-refractivity contribution in [1.82, 2.24) is 4.90 Å². The molecule has 1 atom stereocenters. The van der Waals surface area contributed by atoms with E-state index in [1.807, 2.05) is 24.3 Å². The quantitative estimate of drug-likeness (QED) is 0.678. The molecule has 1 heterocycles. The predicted octanol–water partition coefficient (Wildman–Crippen LogP) is 2.92. The summed E-state index contributed by atoms with van der Waals surface area (Å²) in [5.74, 6) is 0.544. The van der Waals surface area contributed by atoms with Crippen LogP contribution in [0.4, 0.5) is 0 Å². The Labute approximate surface area is 167 Å². The third-order valence-electron chi connectivity index (χ3n) is 4.43. The van der Waals surface area contributed by atoms with E-state index in [9.17, 15) is 13.2 Å². The first-order valence-electron chi connectivity index (χ1n) is 8.90. The van der Waals surface area contributed by atoms with Gasteiger partial charge in [-0.3, -0.25) is 4.79 Å². The van der Waals surface area contributed by atoms with Gasteiger partial charge in [-0.15, -0.1) is 12.4 Å². The third-order valence-corrected chi connectivity index (χ3v) is 5.40. The van der Waals surface area contributed by atoms with Crippen molar-refractivity contribution in [2.45, 2.75) is 45.2 Å². The standard InChI is InChI=1S/C19H28N2O4S.ClH/c1-4-5-9-18-15(14-8-6-7-10-17(14)25-18)13-21(2)19(22)16(20)11-12-26(3,23)24;/h6-8,10,16H,4-5,9,11-13,20H2,1-3H3;1H. The number of fused-ring (bicyclic) bond motifs is 1.